The van der Waals surface area contributed by atoms with E-state index in [1.165, 1.54) is 18.2 Å². The first kappa shape index (κ1) is 13.6. The molecule has 4 heteroatoms. The van der Waals surface area contributed by atoms with Crippen LogP contribution in [0.3, 0.4) is 0 Å². The Morgan fingerprint density at radius 2 is 1.95 bits per heavy atom. The van der Waals surface area contributed by atoms with Gasteiger partial charge in [-0.3, -0.25) is 4.79 Å². The third-order valence-corrected chi connectivity index (χ3v) is 3.91. The van der Waals surface area contributed by atoms with Crippen molar-refractivity contribution in [3.63, 3.8) is 0 Å². The molecule has 108 valence electrons. The number of carbonyl (C=O) groups is 1. The first-order valence-electron chi connectivity index (χ1n) is 6.97. The number of carbonyl (C=O) groups excluding carboxylic acids is 1. The van der Waals surface area contributed by atoms with E-state index in [9.17, 15) is 14.3 Å². The fourth-order valence-corrected chi connectivity index (χ4v) is 2.77. The van der Waals surface area contributed by atoms with E-state index < -0.39 is 0 Å². The molecule has 0 aromatic heterocycles. The Labute approximate surface area is 122 Å². The Balaban J connectivity index is 1.72. The van der Waals surface area contributed by atoms with E-state index in [0.717, 1.165) is 12.0 Å². The Bertz CT molecular complexity index is 654. The molecule has 0 spiro atoms. The van der Waals surface area contributed by atoms with E-state index in [0.29, 0.717) is 18.7 Å². The summed E-state index contributed by atoms with van der Waals surface area (Å²) in [5.74, 6) is 0.0157. The summed E-state index contributed by atoms with van der Waals surface area (Å²) in [6, 6.07) is 12.9. The predicted molar refractivity (Wildman–Crippen MR) is 77.8 cm³/mol. The van der Waals surface area contributed by atoms with Crippen molar-refractivity contribution >= 4 is 5.91 Å². The molecule has 21 heavy (non-hydrogen) atoms. The number of benzene rings is 2. The lowest BCUT2D eigenvalue weighted by Gasteiger charge is -2.17. The van der Waals surface area contributed by atoms with Crippen LogP contribution < -0.4 is 0 Å². The Kier molecular flexibility index (Phi) is 3.60. The predicted octanol–water partition coefficient (Wildman–Crippen LogP) is 3.16. The Morgan fingerprint density at radius 1 is 1.19 bits per heavy atom. The van der Waals surface area contributed by atoms with Crippen LogP contribution in [0, 0.1) is 5.82 Å². The van der Waals surface area contributed by atoms with Gasteiger partial charge < -0.3 is 10.0 Å². The zero-order chi connectivity index (χ0) is 14.8. The summed E-state index contributed by atoms with van der Waals surface area (Å²) in [6.45, 7) is 1.30. The second-order valence-electron chi connectivity index (χ2n) is 5.34. The third kappa shape index (κ3) is 2.89. The Morgan fingerprint density at radius 3 is 2.67 bits per heavy atom. The molecule has 1 N–H and O–H groups in total. The van der Waals surface area contributed by atoms with Crippen LogP contribution in [0.2, 0.25) is 0 Å². The van der Waals surface area contributed by atoms with Crippen molar-refractivity contribution in [3.05, 3.63) is 65.5 Å². The molecule has 0 radical (unpaired) electrons. The maximum Gasteiger partial charge on any atom is 0.254 e. The molecule has 1 saturated heterocycles. The molecule has 3 rings (SSSR count). The average molecular weight is 285 g/mol. The standard InChI is InChI=1S/C17H16FNO2/c18-15-6-4-12(5-7-15)14-8-9-19(11-14)17(21)13-2-1-3-16(20)10-13/h1-7,10,14,20H,8-9,11H2/t14-/m1/s1. The molecule has 1 aliphatic rings. The van der Waals surface area contributed by atoms with Gasteiger partial charge in [0.1, 0.15) is 11.6 Å². The average Bonchev–Trinajstić information content (AvgIpc) is 2.97. The van der Waals surface area contributed by atoms with E-state index >= 15 is 0 Å². The van der Waals surface area contributed by atoms with E-state index in [1.54, 1.807) is 35.2 Å². The van der Waals surface area contributed by atoms with Crippen LogP contribution in [0.5, 0.6) is 5.75 Å². The highest BCUT2D eigenvalue weighted by Crippen LogP contribution is 2.28. The van der Waals surface area contributed by atoms with Gasteiger partial charge in [0, 0.05) is 24.6 Å². The van der Waals surface area contributed by atoms with E-state index in [-0.39, 0.29) is 23.4 Å². The first-order chi connectivity index (χ1) is 10.1. The number of halogens is 1. The molecule has 1 aliphatic heterocycles. The summed E-state index contributed by atoms with van der Waals surface area (Å²) < 4.78 is 12.9. The summed E-state index contributed by atoms with van der Waals surface area (Å²) in [5, 5.41) is 9.45. The topological polar surface area (TPSA) is 40.5 Å². The van der Waals surface area contributed by atoms with Gasteiger partial charge >= 0.3 is 0 Å². The molecular weight excluding hydrogens is 269 g/mol. The molecule has 0 saturated carbocycles. The van der Waals surface area contributed by atoms with Crippen LogP contribution in [0.1, 0.15) is 28.3 Å². The Hall–Kier alpha value is -2.36. The highest BCUT2D eigenvalue weighted by atomic mass is 19.1. The number of hydrogen-bond donors (Lipinski definition) is 1. The molecule has 1 heterocycles. The van der Waals surface area contributed by atoms with Crippen LogP contribution in [0.15, 0.2) is 48.5 Å². The third-order valence-electron chi connectivity index (χ3n) is 3.91. The molecule has 2 aromatic carbocycles. The summed E-state index contributed by atoms with van der Waals surface area (Å²) >= 11 is 0. The number of phenolic OH excluding ortho intramolecular Hbond substituents is 1. The van der Waals surface area contributed by atoms with Crippen LogP contribution in [0.4, 0.5) is 4.39 Å². The van der Waals surface area contributed by atoms with Gasteiger partial charge in [-0.15, -0.1) is 0 Å². The highest BCUT2D eigenvalue weighted by molar-refractivity contribution is 5.94. The lowest BCUT2D eigenvalue weighted by molar-refractivity contribution is 0.0790. The number of phenols is 1. The summed E-state index contributed by atoms with van der Waals surface area (Å²) in [6.07, 6.45) is 0.871. The normalized spacial score (nSPS) is 18.0. The van der Waals surface area contributed by atoms with Gasteiger partial charge in [-0.2, -0.15) is 0 Å². The van der Waals surface area contributed by atoms with E-state index in [4.69, 9.17) is 0 Å². The molecule has 0 bridgehead atoms. The maximum absolute atomic E-state index is 12.9. The minimum Gasteiger partial charge on any atom is -0.508 e. The van der Waals surface area contributed by atoms with Crippen molar-refractivity contribution < 1.29 is 14.3 Å². The van der Waals surface area contributed by atoms with Gasteiger partial charge in [0.05, 0.1) is 0 Å². The largest absolute Gasteiger partial charge is 0.508 e. The fourth-order valence-electron chi connectivity index (χ4n) is 2.77. The van der Waals surface area contributed by atoms with Crippen molar-refractivity contribution in [2.24, 2.45) is 0 Å². The molecule has 0 unspecified atom stereocenters. The highest BCUT2D eigenvalue weighted by Gasteiger charge is 2.28. The van der Waals surface area contributed by atoms with Gasteiger partial charge in [0.25, 0.3) is 5.91 Å². The second-order valence-corrected chi connectivity index (χ2v) is 5.34. The van der Waals surface area contributed by atoms with Crippen LogP contribution in [-0.4, -0.2) is 29.0 Å². The molecule has 3 nitrogen and oxygen atoms in total. The minimum atomic E-state index is -0.246. The van der Waals surface area contributed by atoms with Crippen molar-refractivity contribution in [1.29, 1.82) is 0 Å². The number of aromatic hydroxyl groups is 1. The monoisotopic (exact) mass is 285 g/mol. The number of likely N-dealkylation sites (tertiary alicyclic amines) is 1. The van der Waals surface area contributed by atoms with Crippen LogP contribution >= 0.6 is 0 Å². The molecule has 1 atom stereocenters. The zero-order valence-corrected chi connectivity index (χ0v) is 11.5. The molecule has 1 amide bonds. The zero-order valence-electron chi connectivity index (χ0n) is 11.5. The van der Waals surface area contributed by atoms with Crippen molar-refractivity contribution in [1.82, 2.24) is 4.90 Å². The van der Waals surface area contributed by atoms with Crippen molar-refractivity contribution in [2.45, 2.75) is 12.3 Å². The van der Waals surface area contributed by atoms with Crippen LogP contribution in [-0.2, 0) is 0 Å². The fraction of sp³-hybridized carbons (Fsp3) is 0.235. The van der Waals surface area contributed by atoms with E-state index in [2.05, 4.69) is 0 Å². The van der Waals surface area contributed by atoms with Gasteiger partial charge in [-0.05, 0) is 42.3 Å². The number of amides is 1. The SMILES string of the molecule is O=C(c1cccc(O)c1)N1CC[C@@H](c2ccc(F)cc2)C1. The maximum atomic E-state index is 12.9. The van der Waals surface area contributed by atoms with Gasteiger partial charge in [0.2, 0.25) is 0 Å². The van der Waals surface area contributed by atoms with E-state index in [1.807, 2.05) is 0 Å². The van der Waals surface area contributed by atoms with Crippen molar-refractivity contribution in [2.75, 3.05) is 13.1 Å². The summed E-state index contributed by atoms with van der Waals surface area (Å²) in [7, 11) is 0. The summed E-state index contributed by atoms with van der Waals surface area (Å²) in [5.41, 5.74) is 1.55. The smallest absolute Gasteiger partial charge is 0.254 e. The second kappa shape index (κ2) is 5.56. The van der Waals surface area contributed by atoms with Gasteiger partial charge in [-0.1, -0.05) is 18.2 Å². The molecular formula is C17H16FNO2. The summed E-state index contributed by atoms with van der Waals surface area (Å²) in [4.78, 5) is 14.2. The number of nitrogens with zero attached hydrogens (tertiary/aromatic N) is 1. The molecule has 0 aliphatic carbocycles. The van der Waals surface area contributed by atoms with Crippen LogP contribution in [0.25, 0.3) is 0 Å². The molecule has 1 fully saturated rings. The minimum absolute atomic E-state index is 0.0736. The van der Waals surface area contributed by atoms with Gasteiger partial charge in [0.15, 0.2) is 0 Å². The first-order valence-corrected chi connectivity index (χ1v) is 6.97. The lowest BCUT2D eigenvalue weighted by atomic mass is 9.98. The number of hydrogen-bond acceptors (Lipinski definition) is 2. The molecule has 2 aromatic rings. The number of rotatable bonds is 2. The van der Waals surface area contributed by atoms with Crippen molar-refractivity contribution in [3.8, 4) is 5.75 Å². The quantitative estimate of drug-likeness (QED) is 0.920. The lowest BCUT2D eigenvalue weighted by Crippen LogP contribution is -2.28. The van der Waals surface area contributed by atoms with Gasteiger partial charge in [-0.25, -0.2) is 4.39 Å².